The largest absolute Gasteiger partial charge is 0.396 e. The van der Waals surface area contributed by atoms with E-state index in [2.05, 4.69) is 15.0 Å². The van der Waals surface area contributed by atoms with Crippen LogP contribution in [0.15, 0.2) is 34.9 Å². The van der Waals surface area contributed by atoms with E-state index in [1.54, 1.807) is 0 Å². The van der Waals surface area contributed by atoms with E-state index >= 15 is 0 Å². The van der Waals surface area contributed by atoms with Crippen molar-refractivity contribution in [3.63, 3.8) is 0 Å². The van der Waals surface area contributed by atoms with Gasteiger partial charge in [0.15, 0.2) is 0 Å². The summed E-state index contributed by atoms with van der Waals surface area (Å²) in [4.78, 5) is 6.50. The Kier molecular flexibility index (Phi) is 3.46. The minimum absolute atomic E-state index is 0.218. The molecule has 5 heteroatoms. The molecule has 0 spiro atoms. The second-order valence-electron chi connectivity index (χ2n) is 4.90. The van der Waals surface area contributed by atoms with E-state index in [1.165, 1.54) is 0 Å². The number of hydrogen-bond donors (Lipinski definition) is 1. The first kappa shape index (κ1) is 12.2. The van der Waals surface area contributed by atoms with Gasteiger partial charge in [-0.15, -0.1) is 0 Å². The predicted molar refractivity (Wildman–Crippen MR) is 71.8 cm³/mol. The van der Waals surface area contributed by atoms with Gasteiger partial charge in [0.05, 0.1) is 0 Å². The van der Waals surface area contributed by atoms with Gasteiger partial charge in [-0.05, 0) is 18.8 Å². The zero-order valence-corrected chi connectivity index (χ0v) is 10.7. The van der Waals surface area contributed by atoms with Crippen molar-refractivity contribution in [2.24, 2.45) is 5.92 Å². The molecule has 0 radical (unpaired) electrons. The maximum atomic E-state index is 9.25. The van der Waals surface area contributed by atoms with Gasteiger partial charge in [-0.2, -0.15) is 4.98 Å². The number of hydrogen-bond acceptors (Lipinski definition) is 5. The zero-order chi connectivity index (χ0) is 13.1. The summed E-state index contributed by atoms with van der Waals surface area (Å²) in [6.45, 7) is 1.91. The Morgan fingerprint density at radius 2 is 2.16 bits per heavy atom. The van der Waals surface area contributed by atoms with E-state index in [0.29, 0.717) is 17.8 Å². The van der Waals surface area contributed by atoms with Gasteiger partial charge in [-0.3, -0.25) is 0 Å². The van der Waals surface area contributed by atoms with Crippen LogP contribution < -0.4 is 4.90 Å². The highest BCUT2D eigenvalue weighted by molar-refractivity contribution is 5.55. The van der Waals surface area contributed by atoms with E-state index in [9.17, 15) is 5.11 Å². The van der Waals surface area contributed by atoms with Crippen molar-refractivity contribution in [3.8, 4) is 11.4 Å². The minimum Gasteiger partial charge on any atom is -0.396 e. The van der Waals surface area contributed by atoms with Gasteiger partial charge >= 0.3 is 6.01 Å². The molecule has 1 aliphatic heterocycles. The highest BCUT2D eigenvalue weighted by Crippen LogP contribution is 2.24. The summed E-state index contributed by atoms with van der Waals surface area (Å²) in [6, 6.07) is 10.3. The van der Waals surface area contributed by atoms with Gasteiger partial charge in [-0.25, -0.2) is 0 Å². The van der Waals surface area contributed by atoms with Crippen LogP contribution in [0.3, 0.4) is 0 Å². The molecule has 5 nitrogen and oxygen atoms in total. The molecule has 1 saturated heterocycles. The molecule has 2 heterocycles. The van der Waals surface area contributed by atoms with E-state index < -0.39 is 0 Å². The number of aliphatic hydroxyl groups is 1. The number of benzene rings is 1. The fourth-order valence-electron chi connectivity index (χ4n) is 2.44. The fourth-order valence-corrected chi connectivity index (χ4v) is 2.44. The molecule has 0 aliphatic carbocycles. The maximum absolute atomic E-state index is 9.25. The molecular weight excluding hydrogens is 242 g/mol. The molecule has 0 bridgehead atoms. The second-order valence-corrected chi connectivity index (χ2v) is 4.90. The van der Waals surface area contributed by atoms with Crippen LogP contribution in [-0.4, -0.2) is 34.9 Å². The lowest BCUT2D eigenvalue weighted by atomic mass is 9.99. The third-order valence-electron chi connectivity index (χ3n) is 3.50. The molecule has 0 amide bonds. The second kappa shape index (κ2) is 5.40. The molecule has 1 atom stereocenters. The van der Waals surface area contributed by atoms with Crippen LogP contribution >= 0.6 is 0 Å². The van der Waals surface area contributed by atoms with Gasteiger partial charge in [0.1, 0.15) is 0 Å². The first-order valence-electron chi connectivity index (χ1n) is 6.62. The first-order valence-corrected chi connectivity index (χ1v) is 6.62. The van der Waals surface area contributed by atoms with E-state index in [4.69, 9.17) is 4.52 Å². The van der Waals surface area contributed by atoms with Crippen LogP contribution in [-0.2, 0) is 0 Å². The lowest BCUT2D eigenvalue weighted by molar-refractivity contribution is 0.205. The number of aromatic nitrogens is 2. The van der Waals surface area contributed by atoms with Gasteiger partial charge in [-0.1, -0.05) is 35.5 Å². The summed E-state index contributed by atoms with van der Waals surface area (Å²) in [5.74, 6) is 0.919. The summed E-state index contributed by atoms with van der Waals surface area (Å²) in [7, 11) is 0. The fraction of sp³-hybridized carbons (Fsp3) is 0.429. The topological polar surface area (TPSA) is 62.4 Å². The normalized spacial score (nSPS) is 19.6. The average molecular weight is 259 g/mol. The molecule has 1 aromatic heterocycles. The average Bonchev–Trinajstić information content (AvgIpc) is 2.98. The van der Waals surface area contributed by atoms with Crippen LogP contribution in [0.4, 0.5) is 6.01 Å². The van der Waals surface area contributed by atoms with Crippen molar-refractivity contribution in [3.05, 3.63) is 30.3 Å². The monoisotopic (exact) mass is 259 g/mol. The predicted octanol–water partition coefficient (Wildman–Crippen LogP) is 1.95. The number of nitrogens with zero attached hydrogens (tertiary/aromatic N) is 3. The summed E-state index contributed by atoms with van der Waals surface area (Å²) < 4.78 is 5.33. The van der Waals surface area contributed by atoms with Crippen molar-refractivity contribution in [2.75, 3.05) is 24.6 Å². The Labute approximate surface area is 111 Å². The molecule has 3 rings (SSSR count). The number of aliphatic hydroxyl groups excluding tert-OH is 1. The smallest absolute Gasteiger partial charge is 0.324 e. The summed E-state index contributed by atoms with van der Waals surface area (Å²) in [5, 5.41) is 13.3. The molecule has 100 valence electrons. The molecule has 1 fully saturated rings. The van der Waals surface area contributed by atoms with Crippen LogP contribution in [0.1, 0.15) is 12.8 Å². The Balaban J connectivity index is 1.78. The molecule has 2 aromatic rings. The van der Waals surface area contributed by atoms with E-state index in [1.807, 2.05) is 30.3 Å². The third kappa shape index (κ3) is 2.61. The lowest BCUT2D eigenvalue weighted by Crippen LogP contribution is -2.36. The van der Waals surface area contributed by atoms with Gasteiger partial charge in [0.25, 0.3) is 0 Å². The quantitative estimate of drug-likeness (QED) is 0.912. The van der Waals surface area contributed by atoms with Gasteiger partial charge in [0.2, 0.25) is 5.82 Å². The van der Waals surface area contributed by atoms with Crippen LogP contribution in [0.2, 0.25) is 0 Å². The standard InChI is InChI=1S/C14H17N3O2/c18-10-11-5-4-8-17(9-11)14-15-13(16-19-14)12-6-2-1-3-7-12/h1-3,6-7,11,18H,4-5,8-10H2. The van der Waals surface area contributed by atoms with Crippen molar-refractivity contribution in [1.29, 1.82) is 0 Å². The minimum atomic E-state index is 0.218. The zero-order valence-electron chi connectivity index (χ0n) is 10.7. The highest BCUT2D eigenvalue weighted by Gasteiger charge is 2.23. The number of anilines is 1. The van der Waals surface area contributed by atoms with Crippen molar-refractivity contribution in [1.82, 2.24) is 10.1 Å². The van der Waals surface area contributed by atoms with Crippen LogP contribution in [0, 0.1) is 5.92 Å². The first-order chi connectivity index (χ1) is 9.36. The van der Waals surface area contributed by atoms with E-state index in [-0.39, 0.29) is 6.61 Å². The van der Waals surface area contributed by atoms with Crippen molar-refractivity contribution < 1.29 is 9.63 Å². The Morgan fingerprint density at radius 3 is 2.95 bits per heavy atom. The Hall–Kier alpha value is -1.88. The molecule has 0 saturated carbocycles. The molecule has 19 heavy (non-hydrogen) atoms. The SMILES string of the molecule is OCC1CCCN(c2nc(-c3ccccc3)no2)C1. The van der Waals surface area contributed by atoms with Crippen molar-refractivity contribution >= 4 is 6.01 Å². The van der Waals surface area contributed by atoms with Gasteiger partial charge in [0, 0.05) is 25.3 Å². The maximum Gasteiger partial charge on any atom is 0.324 e. The molecular formula is C14H17N3O2. The summed E-state index contributed by atoms with van der Waals surface area (Å²) in [6.07, 6.45) is 2.11. The van der Waals surface area contributed by atoms with Crippen LogP contribution in [0.5, 0.6) is 0 Å². The molecule has 1 aromatic carbocycles. The van der Waals surface area contributed by atoms with Crippen LogP contribution in [0.25, 0.3) is 11.4 Å². The highest BCUT2D eigenvalue weighted by atomic mass is 16.5. The summed E-state index contributed by atoms with van der Waals surface area (Å²) >= 11 is 0. The van der Waals surface area contributed by atoms with Crippen molar-refractivity contribution in [2.45, 2.75) is 12.8 Å². The Morgan fingerprint density at radius 1 is 1.32 bits per heavy atom. The third-order valence-corrected chi connectivity index (χ3v) is 3.50. The van der Waals surface area contributed by atoms with Gasteiger partial charge < -0.3 is 14.5 Å². The van der Waals surface area contributed by atoms with E-state index in [0.717, 1.165) is 31.5 Å². The Bertz CT molecular complexity index is 526. The molecule has 1 aliphatic rings. The molecule has 1 unspecified atom stereocenters. The number of rotatable bonds is 3. The summed E-state index contributed by atoms with van der Waals surface area (Å²) in [5.41, 5.74) is 0.952. The number of piperidine rings is 1. The molecule has 1 N–H and O–H groups in total. The lowest BCUT2D eigenvalue weighted by Gasteiger charge is -2.29.